The third kappa shape index (κ3) is 3.19. The second kappa shape index (κ2) is 7.40. The number of carbonyl (C=O) groups excluding carboxylic acids is 1. The van der Waals surface area contributed by atoms with E-state index in [1.165, 1.54) is 0 Å². The Morgan fingerprint density at radius 2 is 1.94 bits per heavy atom. The molecule has 0 saturated heterocycles. The number of hydrogen-bond acceptors (Lipinski definition) is 5. The second-order valence-corrected chi connectivity index (χ2v) is 8.18. The Morgan fingerprint density at radius 3 is 2.72 bits per heavy atom. The summed E-state index contributed by atoms with van der Waals surface area (Å²) in [7, 11) is 1.85. The summed E-state index contributed by atoms with van der Waals surface area (Å²) < 4.78 is 17.5. The van der Waals surface area contributed by atoms with Crippen molar-refractivity contribution in [2.24, 2.45) is 7.05 Å². The number of carbonyl (C=O) groups is 1. The highest BCUT2D eigenvalue weighted by molar-refractivity contribution is 6.02. The second-order valence-electron chi connectivity index (χ2n) is 8.18. The molecule has 3 aromatic heterocycles. The van der Waals surface area contributed by atoms with Gasteiger partial charge in [0.2, 0.25) is 5.91 Å². The van der Waals surface area contributed by atoms with E-state index in [0.717, 1.165) is 5.69 Å². The minimum Gasteiger partial charge on any atom is -0.383 e. The van der Waals surface area contributed by atoms with Crippen LogP contribution in [0.5, 0.6) is 0 Å². The van der Waals surface area contributed by atoms with Gasteiger partial charge < -0.3 is 15.2 Å². The fourth-order valence-electron chi connectivity index (χ4n) is 4.48. The molecule has 0 radical (unpaired) electrons. The molecule has 1 aliphatic rings. The van der Waals surface area contributed by atoms with E-state index in [0.29, 0.717) is 63.7 Å². The quantitative estimate of drug-likeness (QED) is 0.537. The standard InChI is InChI=1S/C24H23FN6O/c1-13-5-4-6-15(27-13)11-20(32)31-10-9-17-19(31)8-7-16(22(17)25)18-12-30(3)24-21(18)23(26)28-14(2)29-24/h4-8,12H,9-11H2,1-3H3,(H2,26,28,29). The van der Waals surface area contributed by atoms with Crippen molar-refractivity contribution in [1.82, 2.24) is 19.5 Å². The summed E-state index contributed by atoms with van der Waals surface area (Å²) in [5.41, 5.74) is 10.6. The van der Waals surface area contributed by atoms with Crippen molar-refractivity contribution < 1.29 is 9.18 Å². The maximum atomic E-state index is 15.7. The highest BCUT2D eigenvalue weighted by Gasteiger charge is 2.29. The first-order valence-electron chi connectivity index (χ1n) is 10.5. The van der Waals surface area contributed by atoms with Crippen molar-refractivity contribution in [1.29, 1.82) is 0 Å². The predicted octanol–water partition coefficient (Wildman–Crippen LogP) is 3.50. The van der Waals surface area contributed by atoms with Crippen molar-refractivity contribution >= 4 is 28.4 Å². The van der Waals surface area contributed by atoms with Gasteiger partial charge in [-0.1, -0.05) is 6.07 Å². The van der Waals surface area contributed by atoms with E-state index in [2.05, 4.69) is 15.0 Å². The van der Waals surface area contributed by atoms with Gasteiger partial charge in [0.05, 0.1) is 11.8 Å². The molecular formula is C24H23FN6O. The third-order valence-corrected chi connectivity index (χ3v) is 5.92. The molecule has 4 aromatic rings. The number of nitrogen functional groups attached to an aromatic ring is 1. The fraction of sp³-hybridized carbons (Fsp3) is 0.250. The lowest BCUT2D eigenvalue weighted by atomic mass is 10.0. The van der Waals surface area contributed by atoms with Gasteiger partial charge in [-0.2, -0.15) is 0 Å². The van der Waals surface area contributed by atoms with Crippen LogP contribution in [0, 0.1) is 19.7 Å². The Morgan fingerprint density at radius 1 is 1.12 bits per heavy atom. The van der Waals surface area contributed by atoms with E-state index in [-0.39, 0.29) is 18.1 Å². The molecule has 32 heavy (non-hydrogen) atoms. The van der Waals surface area contributed by atoms with Gasteiger partial charge in [-0.05, 0) is 44.5 Å². The molecule has 162 valence electrons. The van der Waals surface area contributed by atoms with Gasteiger partial charge in [0.15, 0.2) is 0 Å². The van der Waals surface area contributed by atoms with Crippen LogP contribution in [0.3, 0.4) is 0 Å². The highest BCUT2D eigenvalue weighted by Crippen LogP contribution is 2.39. The number of amides is 1. The zero-order valence-electron chi connectivity index (χ0n) is 18.2. The first-order valence-corrected chi connectivity index (χ1v) is 10.5. The summed E-state index contributed by atoms with van der Waals surface area (Å²) in [4.78, 5) is 27.7. The Balaban J connectivity index is 1.53. The van der Waals surface area contributed by atoms with Crippen LogP contribution in [0.15, 0.2) is 36.5 Å². The largest absolute Gasteiger partial charge is 0.383 e. The van der Waals surface area contributed by atoms with Gasteiger partial charge in [0.1, 0.15) is 23.1 Å². The van der Waals surface area contributed by atoms with Crippen LogP contribution in [-0.2, 0) is 24.7 Å². The minimum absolute atomic E-state index is 0.0905. The highest BCUT2D eigenvalue weighted by atomic mass is 19.1. The lowest BCUT2D eigenvalue weighted by Gasteiger charge is -2.18. The molecule has 0 atom stereocenters. The van der Waals surface area contributed by atoms with Crippen molar-refractivity contribution in [2.75, 3.05) is 17.2 Å². The van der Waals surface area contributed by atoms with Crippen LogP contribution < -0.4 is 10.6 Å². The smallest absolute Gasteiger partial charge is 0.233 e. The summed E-state index contributed by atoms with van der Waals surface area (Å²) in [5.74, 6) is 0.464. The molecular weight excluding hydrogens is 407 g/mol. The van der Waals surface area contributed by atoms with Crippen molar-refractivity contribution in [2.45, 2.75) is 26.7 Å². The maximum absolute atomic E-state index is 15.7. The number of aromatic nitrogens is 4. The number of anilines is 2. The number of nitrogens with two attached hydrogens (primary N) is 1. The number of rotatable bonds is 3. The van der Waals surface area contributed by atoms with Crippen LogP contribution in [0.25, 0.3) is 22.2 Å². The van der Waals surface area contributed by atoms with Gasteiger partial charge in [0, 0.05) is 53.6 Å². The summed E-state index contributed by atoms with van der Waals surface area (Å²) in [6.07, 6.45) is 2.46. The van der Waals surface area contributed by atoms with Crippen LogP contribution >= 0.6 is 0 Å². The topological polar surface area (TPSA) is 89.9 Å². The molecule has 1 aliphatic heterocycles. The molecule has 0 bridgehead atoms. The third-order valence-electron chi connectivity index (χ3n) is 5.92. The average Bonchev–Trinajstić information content (AvgIpc) is 3.31. The number of hydrogen-bond donors (Lipinski definition) is 1. The number of pyridine rings is 1. The van der Waals surface area contributed by atoms with Crippen LogP contribution in [-0.4, -0.2) is 32.0 Å². The molecule has 7 nitrogen and oxygen atoms in total. The number of halogens is 1. The van der Waals surface area contributed by atoms with Crippen molar-refractivity contribution in [3.05, 3.63) is 65.1 Å². The van der Waals surface area contributed by atoms with E-state index >= 15 is 4.39 Å². The molecule has 0 fully saturated rings. The summed E-state index contributed by atoms with van der Waals surface area (Å²) in [6, 6.07) is 9.13. The van der Waals surface area contributed by atoms with Crippen LogP contribution in [0.1, 0.15) is 22.8 Å². The lowest BCUT2D eigenvalue weighted by molar-refractivity contribution is -0.117. The van der Waals surface area contributed by atoms with Gasteiger partial charge in [-0.25, -0.2) is 14.4 Å². The Hall–Kier alpha value is -3.81. The molecule has 8 heteroatoms. The van der Waals surface area contributed by atoms with E-state index < -0.39 is 0 Å². The Kier molecular flexibility index (Phi) is 4.65. The molecule has 2 N–H and O–H groups in total. The molecule has 5 rings (SSSR count). The molecule has 1 aromatic carbocycles. The SMILES string of the molecule is Cc1cccc(CC(=O)N2CCc3c2ccc(-c2cn(C)c4nc(C)nc(N)c24)c3F)n1. The summed E-state index contributed by atoms with van der Waals surface area (Å²) >= 11 is 0. The van der Waals surface area contributed by atoms with Gasteiger partial charge in [-0.3, -0.25) is 9.78 Å². The molecule has 4 heterocycles. The Labute approximate surface area is 184 Å². The van der Waals surface area contributed by atoms with Gasteiger partial charge in [-0.15, -0.1) is 0 Å². The van der Waals surface area contributed by atoms with E-state index in [1.807, 2.05) is 49.0 Å². The van der Waals surface area contributed by atoms with E-state index in [4.69, 9.17) is 5.73 Å². The van der Waals surface area contributed by atoms with Crippen LogP contribution in [0.2, 0.25) is 0 Å². The molecule has 0 saturated carbocycles. The van der Waals surface area contributed by atoms with Gasteiger partial charge >= 0.3 is 0 Å². The molecule has 1 amide bonds. The van der Waals surface area contributed by atoms with Crippen molar-refractivity contribution in [3.8, 4) is 11.1 Å². The first kappa shape index (κ1) is 20.1. The number of fused-ring (bicyclic) bond motifs is 2. The zero-order valence-corrected chi connectivity index (χ0v) is 18.2. The van der Waals surface area contributed by atoms with E-state index in [9.17, 15) is 4.79 Å². The summed E-state index contributed by atoms with van der Waals surface area (Å²) in [6.45, 7) is 4.11. The molecule has 0 unspecified atom stereocenters. The maximum Gasteiger partial charge on any atom is 0.233 e. The minimum atomic E-state index is -0.334. The fourth-order valence-corrected chi connectivity index (χ4v) is 4.48. The Bertz CT molecular complexity index is 1390. The zero-order chi connectivity index (χ0) is 22.6. The summed E-state index contributed by atoms with van der Waals surface area (Å²) in [5, 5.41) is 0.633. The number of benzene rings is 1. The monoisotopic (exact) mass is 430 g/mol. The number of aryl methyl sites for hydroxylation is 3. The average molecular weight is 430 g/mol. The molecule has 0 spiro atoms. The van der Waals surface area contributed by atoms with Gasteiger partial charge in [0.25, 0.3) is 0 Å². The van der Waals surface area contributed by atoms with E-state index in [1.54, 1.807) is 17.9 Å². The van der Waals surface area contributed by atoms with Crippen LogP contribution in [0.4, 0.5) is 15.9 Å². The van der Waals surface area contributed by atoms with Crippen molar-refractivity contribution in [3.63, 3.8) is 0 Å². The lowest BCUT2D eigenvalue weighted by Crippen LogP contribution is -2.30. The normalized spacial score (nSPS) is 13.1. The first-order chi connectivity index (χ1) is 15.3. The molecule has 0 aliphatic carbocycles. The number of nitrogens with zero attached hydrogens (tertiary/aromatic N) is 5. The predicted molar refractivity (Wildman–Crippen MR) is 122 cm³/mol.